The average Bonchev–Trinajstić information content (AvgIpc) is 2.73. The van der Waals surface area contributed by atoms with Crippen molar-refractivity contribution in [2.24, 2.45) is 0 Å². The number of carbonyl (C=O) groups is 1. The molecule has 1 atom stereocenters. The van der Waals surface area contributed by atoms with Crippen molar-refractivity contribution in [3.05, 3.63) is 22.7 Å². The van der Waals surface area contributed by atoms with Crippen molar-refractivity contribution in [1.29, 1.82) is 0 Å². The molecular formula is C10H9ClO5. The van der Waals surface area contributed by atoms with E-state index >= 15 is 0 Å². The van der Waals surface area contributed by atoms with Gasteiger partial charge < -0.3 is 19.3 Å². The first kappa shape index (κ1) is 11.0. The summed E-state index contributed by atoms with van der Waals surface area (Å²) in [6, 6.07) is 2.99. The maximum atomic E-state index is 11.2. The molecule has 1 aliphatic rings. The van der Waals surface area contributed by atoms with Gasteiger partial charge in [0.05, 0.1) is 7.11 Å². The SMILES string of the molecule is COC(=O)C(O)c1cc(Cl)cc2c1OCO2. The molecule has 5 nitrogen and oxygen atoms in total. The van der Waals surface area contributed by atoms with Crippen molar-refractivity contribution >= 4 is 17.6 Å². The predicted octanol–water partition coefficient (Wildman–Crippen LogP) is 1.28. The first-order chi connectivity index (χ1) is 7.63. The molecule has 0 saturated heterocycles. The monoisotopic (exact) mass is 244 g/mol. The second-order valence-electron chi connectivity index (χ2n) is 3.15. The third-order valence-electron chi connectivity index (χ3n) is 2.19. The van der Waals surface area contributed by atoms with Crippen molar-refractivity contribution in [3.63, 3.8) is 0 Å². The summed E-state index contributed by atoms with van der Waals surface area (Å²) in [7, 11) is 1.19. The summed E-state index contributed by atoms with van der Waals surface area (Å²) in [6.07, 6.45) is -1.43. The molecule has 0 spiro atoms. The van der Waals surface area contributed by atoms with Gasteiger partial charge in [0, 0.05) is 16.7 Å². The zero-order valence-corrected chi connectivity index (χ0v) is 9.15. The highest BCUT2D eigenvalue weighted by atomic mass is 35.5. The molecule has 6 heteroatoms. The van der Waals surface area contributed by atoms with Gasteiger partial charge in [-0.15, -0.1) is 0 Å². The number of rotatable bonds is 2. The highest BCUT2D eigenvalue weighted by molar-refractivity contribution is 6.30. The molecule has 2 rings (SSSR count). The lowest BCUT2D eigenvalue weighted by Gasteiger charge is -2.11. The summed E-state index contributed by atoms with van der Waals surface area (Å²) in [6.45, 7) is 0.0383. The number of fused-ring (bicyclic) bond motifs is 1. The van der Waals surface area contributed by atoms with E-state index in [1.54, 1.807) is 6.07 Å². The van der Waals surface area contributed by atoms with Crippen LogP contribution >= 0.6 is 11.6 Å². The van der Waals surface area contributed by atoms with E-state index in [1.807, 2.05) is 0 Å². The molecule has 0 aromatic heterocycles. The van der Waals surface area contributed by atoms with E-state index in [2.05, 4.69) is 4.74 Å². The minimum atomic E-state index is -1.43. The Balaban J connectivity index is 2.44. The molecule has 1 aromatic rings. The van der Waals surface area contributed by atoms with Crippen LogP contribution in [0.25, 0.3) is 0 Å². The molecule has 0 aliphatic carbocycles. The molecule has 86 valence electrons. The van der Waals surface area contributed by atoms with E-state index in [-0.39, 0.29) is 12.4 Å². The van der Waals surface area contributed by atoms with Gasteiger partial charge in [-0.25, -0.2) is 4.79 Å². The van der Waals surface area contributed by atoms with E-state index in [1.165, 1.54) is 13.2 Å². The van der Waals surface area contributed by atoms with E-state index in [0.717, 1.165) is 0 Å². The van der Waals surface area contributed by atoms with Gasteiger partial charge in [0.25, 0.3) is 0 Å². The number of hydrogen-bond acceptors (Lipinski definition) is 5. The average molecular weight is 245 g/mol. The van der Waals surface area contributed by atoms with Crippen molar-refractivity contribution in [2.75, 3.05) is 13.9 Å². The Kier molecular flexibility index (Phi) is 2.89. The quantitative estimate of drug-likeness (QED) is 0.794. The Morgan fingerprint density at radius 3 is 3.00 bits per heavy atom. The fourth-order valence-corrected chi connectivity index (χ4v) is 1.66. The van der Waals surface area contributed by atoms with Crippen LogP contribution < -0.4 is 9.47 Å². The molecule has 1 heterocycles. The van der Waals surface area contributed by atoms with Gasteiger partial charge in [0.2, 0.25) is 6.79 Å². The molecule has 1 aliphatic heterocycles. The minimum absolute atomic E-state index is 0.0383. The summed E-state index contributed by atoms with van der Waals surface area (Å²) in [5.41, 5.74) is 0.242. The first-order valence-corrected chi connectivity index (χ1v) is 4.86. The number of hydrogen-bond donors (Lipinski definition) is 1. The molecule has 0 radical (unpaired) electrons. The Morgan fingerprint density at radius 2 is 2.31 bits per heavy atom. The summed E-state index contributed by atoms with van der Waals surface area (Å²) in [5, 5.41) is 10.1. The Labute approximate surface area is 96.5 Å². The number of aliphatic hydroxyl groups excluding tert-OH is 1. The summed E-state index contributed by atoms with van der Waals surface area (Å²) in [5.74, 6) is -0.0484. The molecule has 1 aromatic carbocycles. The molecule has 0 fully saturated rings. The smallest absolute Gasteiger partial charge is 0.339 e. The van der Waals surface area contributed by atoms with Crippen molar-refractivity contribution in [3.8, 4) is 11.5 Å². The number of aliphatic hydroxyl groups is 1. The molecular weight excluding hydrogens is 236 g/mol. The van der Waals surface area contributed by atoms with E-state index in [0.29, 0.717) is 16.5 Å². The fourth-order valence-electron chi connectivity index (χ4n) is 1.44. The second kappa shape index (κ2) is 4.19. The van der Waals surface area contributed by atoms with Gasteiger partial charge in [-0.05, 0) is 6.07 Å². The van der Waals surface area contributed by atoms with Crippen LogP contribution in [0.1, 0.15) is 11.7 Å². The van der Waals surface area contributed by atoms with Crippen molar-refractivity contribution < 1.29 is 24.1 Å². The lowest BCUT2D eigenvalue weighted by Crippen LogP contribution is -2.14. The minimum Gasteiger partial charge on any atom is -0.467 e. The standard InChI is InChI=1S/C10H9ClO5/c1-14-10(13)8(12)6-2-5(11)3-7-9(6)16-4-15-7/h2-3,8,12H,4H2,1H3. The van der Waals surface area contributed by atoms with Crippen LogP contribution in [0.4, 0.5) is 0 Å². The van der Waals surface area contributed by atoms with Gasteiger partial charge in [-0.3, -0.25) is 0 Å². The van der Waals surface area contributed by atoms with Crippen LogP contribution in [0.2, 0.25) is 5.02 Å². The van der Waals surface area contributed by atoms with Gasteiger partial charge in [0.1, 0.15) is 0 Å². The highest BCUT2D eigenvalue weighted by Crippen LogP contribution is 2.41. The van der Waals surface area contributed by atoms with Crippen molar-refractivity contribution in [1.82, 2.24) is 0 Å². The molecule has 1 N–H and O–H groups in total. The lowest BCUT2D eigenvalue weighted by molar-refractivity contribution is -0.150. The van der Waals surface area contributed by atoms with Crippen LogP contribution in [-0.2, 0) is 9.53 Å². The third kappa shape index (κ3) is 1.79. The molecule has 0 bridgehead atoms. The zero-order valence-electron chi connectivity index (χ0n) is 8.40. The normalized spacial score (nSPS) is 14.7. The predicted molar refractivity (Wildman–Crippen MR) is 54.6 cm³/mol. The lowest BCUT2D eigenvalue weighted by atomic mass is 10.1. The fraction of sp³-hybridized carbons (Fsp3) is 0.300. The number of halogens is 1. The van der Waals surface area contributed by atoms with Crippen LogP contribution in [0.15, 0.2) is 12.1 Å². The Morgan fingerprint density at radius 1 is 1.56 bits per heavy atom. The van der Waals surface area contributed by atoms with Gasteiger partial charge in [-0.2, -0.15) is 0 Å². The van der Waals surface area contributed by atoms with Crippen LogP contribution in [-0.4, -0.2) is 25.0 Å². The third-order valence-corrected chi connectivity index (χ3v) is 2.40. The summed E-state index contributed by atoms with van der Waals surface area (Å²) >= 11 is 5.82. The summed E-state index contributed by atoms with van der Waals surface area (Å²) in [4.78, 5) is 11.2. The Hall–Kier alpha value is -1.46. The molecule has 16 heavy (non-hydrogen) atoms. The zero-order chi connectivity index (χ0) is 11.7. The van der Waals surface area contributed by atoms with E-state index < -0.39 is 12.1 Å². The number of carbonyl (C=O) groups excluding carboxylic acids is 1. The number of ether oxygens (including phenoxy) is 3. The van der Waals surface area contributed by atoms with Crippen LogP contribution in [0.5, 0.6) is 11.5 Å². The van der Waals surface area contributed by atoms with E-state index in [9.17, 15) is 9.90 Å². The van der Waals surface area contributed by atoms with Gasteiger partial charge >= 0.3 is 5.97 Å². The molecule has 0 saturated carbocycles. The Bertz CT molecular complexity index is 431. The largest absolute Gasteiger partial charge is 0.467 e. The first-order valence-electron chi connectivity index (χ1n) is 4.48. The molecule has 1 unspecified atom stereocenters. The topological polar surface area (TPSA) is 65.0 Å². The summed E-state index contributed by atoms with van der Waals surface area (Å²) < 4.78 is 14.7. The second-order valence-corrected chi connectivity index (χ2v) is 3.59. The molecule has 0 amide bonds. The van der Waals surface area contributed by atoms with Crippen LogP contribution in [0, 0.1) is 0 Å². The highest BCUT2D eigenvalue weighted by Gasteiger charge is 2.28. The van der Waals surface area contributed by atoms with E-state index in [4.69, 9.17) is 21.1 Å². The maximum absolute atomic E-state index is 11.2. The number of esters is 1. The van der Waals surface area contributed by atoms with Crippen LogP contribution in [0.3, 0.4) is 0 Å². The van der Waals surface area contributed by atoms with Gasteiger partial charge in [-0.1, -0.05) is 11.6 Å². The van der Waals surface area contributed by atoms with Crippen molar-refractivity contribution in [2.45, 2.75) is 6.10 Å². The maximum Gasteiger partial charge on any atom is 0.339 e. The number of methoxy groups -OCH3 is 1. The van der Waals surface area contributed by atoms with Gasteiger partial charge in [0.15, 0.2) is 17.6 Å². The number of benzene rings is 1.